The average Bonchev–Trinajstić information content (AvgIpc) is 2.27. The van der Waals surface area contributed by atoms with Gasteiger partial charge in [-0.1, -0.05) is 21.0 Å². The van der Waals surface area contributed by atoms with E-state index >= 15 is 0 Å². The second-order valence-corrected chi connectivity index (χ2v) is 4.02. The molecule has 2 aromatic rings. The molecule has 0 fully saturated rings. The highest BCUT2D eigenvalue weighted by molar-refractivity contribution is 9.10. The molecule has 1 aromatic carbocycles. The lowest BCUT2D eigenvalue weighted by molar-refractivity contribution is 0.538. The Morgan fingerprint density at radius 3 is 3.00 bits per heavy atom. The number of nitrogens with zero attached hydrogens (tertiary/aromatic N) is 3. The van der Waals surface area contributed by atoms with E-state index in [1.807, 2.05) is 0 Å². The molecule has 0 aliphatic heterocycles. The summed E-state index contributed by atoms with van der Waals surface area (Å²) in [6.07, 6.45) is 0. The van der Waals surface area contributed by atoms with Crippen molar-refractivity contribution < 1.29 is 4.42 Å². The van der Waals surface area contributed by atoms with E-state index in [1.165, 1.54) is 6.07 Å². The van der Waals surface area contributed by atoms with E-state index in [9.17, 15) is 4.79 Å². The van der Waals surface area contributed by atoms with E-state index in [4.69, 9.17) is 9.95 Å². The molecule has 0 N–H and O–H groups in total. The molecule has 0 atom stereocenters. The lowest BCUT2D eigenvalue weighted by Gasteiger charge is -2.00. The average molecular weight is 280 g/mol. The SMILES string of the molecule is [N-]=[N+]=NCc1cc(=O)c2cc(Br)ccc2o1. The summed E-state index contributed by atoms with van der Waals surface area (Å²) in [5.74, 6) is 0.359. The maximum absolute atomic E-state index is 11.7. The van der Waals surface area contributed by atoms with E-state index in [1.54, 1.807) is 18.2 Å². The van der Waals surface area contributed by atoms with Crippen molar-refractivity contribution in [2.45, 2.75) is 6.54 Å². The molecular weight excluding hydrogens is 274 g/mol. The van der Waals surface area contributed by atoms with E-state index < -0.39 is 0 Å². The third-order valence-electron chi connectivity index (χ3n) is 2.03. The minimum Gasteiger partial charge on any atom is -0.461 e. The minimum atomic E-state index is -0.148. The number of rotatable bonds is 2. The predicted octanol–water partition coefficient (Wildman–Crippen LogP) is 3.37. The molecule has 0 saturated carbocycles. The minimum absolute atomic E-state index is 0.0394. The predicted molar refractivity (Wildman–Crippen MR) is 63.0 cm³/mol. The Bertz CT molecular complexity index is 644. The van der Waals surface area contributed by atoms with Crippen molar-refractivity contribution in [3.05, 3.63) is 55.2 Å². The van der Waals surface area contributed by atoms with E-state index in [-0.39, 0.29) is 12.0 Å². The summed E-state index contributed by atoms with van der Waals surface area (Å²) in [6, 6.07) is 6.50. The highest BCUT2D eigenvalue weighted by Crippen LogP contribution is 2.18. The Labute approximate surface area is 98.4 Å². The number of fused-ring (bicyclic) bond motifs is 1. The summed E-state index contributed by atoms with van der Waals surface area (Å²) >= 11 is 3.28. The summed E-state index contributed by atoms with van der Waals surface area (Å²) in [4.78, 5) is 14.3. The van der Waals surface area contributed by atoms with Crippen molar-refractivity contribution in [2.75, 3.05) is 0 Å². The van der Waals surface area contributed by atoms with Gasteiger partial charge in [-0.25, -0.2) is 0 Å². The number of hydrogen-bond acceptors (Lipinski definition) is 3. The molecule has 1 aromatic heterocycles. The number of benzene rings is 1. The van der Waals surface area contributed by atoms with Crippen molar-refractivity contribution in [3.63, 3.8) is 0 Å². The summed E-state index contributed by atoms with van der Waals surface area (Å²) in [7, 11) is 0. The van der Waals surface area contributed by atoms with Crippen LogP contribution in [0.4, 0.5) is 0 Å². The van der Waals surface area contributed by atoms with Crippen molar-refractivity contribution in [3.8, 4) is 0 Å². The lowest BCUT2D eigenvalue weighted by atomic mass is 10.2. The van der Waals surface area contributed by atoms with Gasteiger partial charge in [-0.3, -0.25) is 4.79 Å². The summed E-state index contributed by atoms with van der Waals surface area (Å²) in [6.45, 7) is 0.0394. The van der Waals surface area contributed by atoms with Crippen LogP contribution in [-0.4, -0.2) is 0 Å². The van der Waals surface area contributed by atoms with E-state index in [0.717, 1.165) is 4.47 Å². The summed E-state index contributed by atoms with van der Waals surface area (Å²) in [5, 5.41) is 3.85. The van der Waals surface area contributed by atoms with Gasteiger partial charge in [-0.05, 0) is 23.7 Å². The van der Waals surface area contributed by atoms with Gasteiger partial charge in [0.25, 0.3) is 0 Å². The highest BCUT2D eigenvalue weighted by Gasteiger charge is 2.04. The first-order valence-corrected chi connectivity index (χ1v) is 5.23. The Morgan fingerprint density at radius 2 is 2.25 bits per heavy atom. The van der Waals surface area contributed by atoms with Crippen LogP contribution in [0, 0.1) is 0 Å². The molecule has 5 nitrogen and oxygen atoms in total. The molecule has 0 bridgehead atoms. The monoisotopic (exact) mass is 279 g/mol. The zero-order valence-corrected chi connectivity index (χ0v) is 9.64. The maximum atomic E-state index is 11.7. The number of halogens is 1. The molecule has 2 rings (SSSR count). The standard InChI is InChI=1S/C10H6BrN3O2/c11-6-1-2-10-8(3-6)9(15)4-7(16-10)5-13-14-12/h1-4H,5H2. The van der Waals surface area contributed by atoms with Crippen LogP contribution < -0.4 is 5.43 Å². The Hall–Kier alpha value is -1.78. The van der Waals surface area contributed by atoms with Gasteiger partial charge in [0.15, 0.2) is 5.43 Å². The molecule has 16 heavy (non-hydrogen) atoms. The molecule has 0 aliphatic carbocycles. The van der Waals surface area contributed by atoms with Crippen LogP contribution in [0.5, 0.6) is 0 Å². The molecular formula is C10H6BrN3O2. The molecule has 1 heterocycles. The van der Waals surface area contributed by atoms with Crippen molar-refractivity contribution in [1.29, 1.82) is 0 Å². The number of hydrogen-bond donors (Lipinski definition) is 0. The van der Waals surface area contributed by atoms with E-state index in [0.29, 0.717) is 16.7 Å². The fraction of sp³-hybridized carbons (Fsp3) is 0.100. The van der Waals surface area contributed by atoms with Crippen LogP contribution in [0.3, 0.4) is 0 Å². The maximum Gasteiger partial charge on any atom is 0.192 e. The van der Waals surface area contributed by atoms with Crippen LogP contribution in [0.2, 0.25) is 0 Å². The smallest absolute Gasteiger partial charge is 0.192 e. The van der Waals surface area contributed by atoms with Gasteiger partial charge >= 0.3 is 0 Å². The summed E-state index contributed by atoms with van der Waals surface area (Å²) < 4.78 is 6.23. The van der Waals surface area contributed by atoms with Crippen molar-refractivity contribution >= 4 is 26.9 Å². The highest BCUT2D eigenvalue weighted by atomic mass is 79.9. The molecule has 0 radical (unpaired) electrons. The first kappa shape index (κ1) is 10.7. The first-order valence-electron chi connectivity index (χ1n) is 4.44. The molecule has 0 unspecified atom stereocenters. The van der Waals surface area contributed by atoms with Crippen LogP contribution in [0.25, 0.3) is 21.4 Å². The number of azide groups is 1. The van der Waals surface area contributed by atoms with Gasteiger partial charge in [0.2, 0.25) is 0 Å². The third-order valence-corrected chi connectivity index (χ3v) is 2.52. The second-order valence-electron chi connectivity index (χ2n) is 3.11. The molecule has 0 saturated heterocycles. The van der Waals surface area contributed by atoms with Gasteiger partial charge in [0.05, 0.1) is 11.9 Å². The van der Waals surface area contributed by atoms with Crippen molar-refractivity contribution in [2.24, 2.45) is 5.11 Å². The first-order chi connectivity index (χ1) is 7.70. The van der Waals surface area contributed by atoms with Crippen LogP contribution >= 0.6 is 15.9 Å². The van der Waals surface area contributed by atoms with Gasteiger partial charge in [0.1, 0.15) is 11.3 Å². The normalized spacial score (nSPS) is 10.1. The Kier molecular flexibility index (Phi) is 2.94. The van der Waals surface area contributed by atoms with Crippen LogP contribution in [0.1, 0.15) is 5.76 Å². The van der Waals surface area contributed by atoms with Crippen molar-refractivity contribution in [1.82, 2.24) is 0 Å². The fourth-order valence-electron chi connectivity index (χ4n) is 1.36. The quantitative estimate of drug-likeness (QED) is 0.480. The molecule has 0 amide bonds. The Morgan fingerprint density at radius 1 is 1.44 bits per heavy atom. The second kappa shape index (κ2) is 4.38. The summed E-state index contributed by atoms with van der Waals surface area (Å²) in [5.41, 5.74) is 8.52. The largest absolute Gasteiger partial charge is 0.461 e. The van der Waals surface area contributed by atoms with Gasteiger partial charge in [-0.2, -0.15) is 0 Å². The van der Waals surface area contributed by atoms with Gasteiger partial charge < -0.3 is 4.42 Å². The molecule has 6 heteroatoms. The lowest BCUT2D eigenvalue weighted by Crippen LogP contribution is -2.01. The molecule has 0 aliphatic rings. The van der Waals surface area contributed by atoms with Crippen LogP contribution in [-0.2, 0) is 6.54 Å². The zero-order valence-electron chi connectivity index (χ0n) is 8.05. The van der Waals surface area contributed by atoms with Crippen LogP contribution in [0.15, 0.2) is 43.1 Å². The molecule has 0 spiro atoms. The fourth-order valence-corrected chi connectivity index (χ4v) is 1.72. The zero-order chi connectivity index (χ0) is 11.5. The van der Waals surface area contributed by atoms with E-state index in [2.05, 4.69) is 26.0 Å². The topological polar surface area (TPSA) is 79.0 Å². The molecule has 80 valence electrons. The van der Waals surface area contributed by atoms with Gasteiger partial charge in [0, 0.05) is 15.5 Å². The third kappa shape index (κ3) is 2.08. The Balaban J connectivity index is 2.63. The van der Waals surface area contributed by atoms with Gasteiger partial charge in [-0.15, -0.1) is 0 Å².